The van der Waals surface area contributed by atoms with Crippen molar-refractivity contribution in [3.63, 3.8) is 0 Å². The van der Waals surface area contributed by atoms with Crippen molar-refractivity contribution in [2.24, 2.45) is 0 Å². The molecule has 0 spiro atoms. The molecule has 2 nitrogen and oxygen atoms in total. The Hall–Kier alpha value is -1.74. The van der Waals surface area contributed by atoms with Crippen LogP contribution in [0.2, 0.25) is 0 Å². The zero-order chi connectivity index (χ0) is 15.4. The summed E-state index contributed by atoms with van der Waals surface area (Å²) in [6.07, 6.45) is 0.637. The third-order valence-electron chi connectivity index (χ3n) is 3.48. The van der Waals surface area contributed by atoms with Crippen LogP contribution in [-0.4, -0.2) is 18.2 Å². The molecule has 0 aromatic heterocycles. The highest BCUT2D eigenvalue weighted by Gasteiger charge is 2.20. The number of carbonyl (C=O) groups is 1. The third kappa shape index (κ3) is 4.11. The van der Waals surface area contributed by atoms with E-state index in [-0.39, 0.29) is 11.2 Å². The average Bonchev–Trinajstić information content (AvgIpc) is 2.45. The van der Waals surface area contributed by atoms with E-state index in [1.165, 1.54) is 0 Å². The molecule has 2 aromatic rings. The molecule has 0 heterocycles. The molecule has 0 aliphatic heterocycles. The van der Waals surface area contributed by atoms with E-state index in [9.17, 15) is 4.79 Å². The van der Waals surface area contributed by atoms with Gasteiger partial charge in [0.2, 0.25) is 5.91 Å². The van der Waals surface area contributed by atoms with Gasteiger partial charge in [0.15, 0.2) is 0 Å². The predicted octanol–water partition coefficient (Wildman–Crippen LogP) is 3.81. The van der Waals surface area contributed by atoms with E-state index >= 15 is 0 Å². The third-order valence-corrected chi connectivity index (χ3v) is 3.88. The van der Waals surface area contributed by atoms with Crippen LogP contribution in [0.4, 0.5) is 5.69 Å². The first-order chi connectivity index (χ1) is 9.97. The molecule has 2 rings (SSSR count). The van der Waals surface area contributed by atoms with Crippen molar-refractivity contribution in [2.45, 2.75) is 25.5 Å². The monoisotopic (exact) mass is 299 g/mol. The van der Waals surface area contributed by atoms with E-state index in [2.05, 4.69) is 18.7 Å². The zero-order valence-electron chi connectivity index (χ0n) is 12.7. The Morgan fingerprint density at radius 1 is 1.10 bits per heavy atom. The molecule has 0 radical (unpaired) electrons. The Labute approximate surface area is 132 Å². The maximum Gasteiger partial charge on any atom is 0.239 e. The first-order valence-electron chi connectivity index (χ1n) is 7.05. The Balaban J connectivity index is 2.11. The number of nitrogens with zero attached hydrogens (tertiary/aromatic N) is 1. The van der Waals surface area contributed by atoms with Crippen LogP contribution in [0.1, 0.15) is 16.7 Å². The quantitative estimate of drug-likeness (QED) is 0.851. The SMILES string of the molecule is Cc1cc(C)cc(N(C)C(=O)C(S)Cc2ccccc2)c1. The van der Waals surface area contributed by atoms with Gasteiger partial charge in [0, 0.05) is 12.7 Å². The van der Waals surface area contributed by atoms with Crippen molar-refractivity contribution in [3.05, 3.63) is 65.2 Å². The van der Waals surface area contributed by atoms with Crippen molar-refractivity contribution in [3.8, 4) is 0 Å². The minimum Gasteiger partial charge on any atom is -0.315 e. The number of benzene rings is 2. The fourth-order valence-electron chi connectivity index (χ4n) is 2.42. The lowest BCUT2D eigenvalue weighted by Gasteiger charge is -2.22. The number of hydrogen-bond acceptors (Lipinski definition) is 2. The lowest BCUT2D eigenvalue weighted by atomic mass is 10.1. The van der Waals surface area contributed by atoms with Crippen LogP contribution in [0.5, 0.6) is 0 Å². The summed E-state index contributed by atoms with van der Waals surface area (Å²) in [5.41, 5.74) is 4.36. The Bertz CT molecular complexity index is 604. The second-order valence-corrected chi connectivity index (χ2v) is 6.07. The molecule has 1 atom stereocenters. The van der Waals surface area contributed by atoms with Gasteiger partial charge in [-0.05, 0) is 49.1 Å². The summed E-state index contributed by atoms with van der Waals surface area (Å²) in [4.78, 5) is 14.2. The van der Waals surface area contributed by atoms with Crippen LogP contribution in [-0.2, 0) is 11.2 Å². The van der Waals surface area contributed by atoms with Crippen LogP contribution in [0.15, 0.2) is 48.5 Å². The molecule has 0 fully saturated rings. The summed E-state index contributed by atoms with van der Waals surface area (Å²) in [7, 11) is 1.81. The van der Waals surface area contributed by atoms with Crippen LogP contribution in [0.3, 0.4) is 0 Å². The highest BCUT2D eigenvalue weighted by Crippen LogP contribution is 2.20. The van der Waals surface area contributed by atoms with Crippen molar-refractivity contribution < 1.29 is 4.79 Å². The Kier molecular flexibility index (Phi) is 5.07. The van der Waals surface area contributed by atoms with Gasteiger partial charge in [-0.3, -0.25) is 4.79 Å². The number of hydrogen-bond donors (Lipinski definition) is 1. The molecule has 0 N–H and O–H groups in total. The summed E-state index contributed by atoms with van der Waals surface area (Å²) in [5.74, 6) is 0.0205. The second-order valence-electron chi connectivity index (χ2n) is 5.45. The normalized spacial score (nSPS) is 12.0. The molecular formula is C18H21NOS. The number of anilines is 1. The summed E-state index contributed by atoms with van der Waals surface area (Å²) >= 11 is 4.49. The minimum absolute atomic E-state index is 0.0205. The molecule has 1 amide bonds. The van der Waals surface area contributed by atoms with E-state index < -0.39 is 0 Å². The van der Waals surface area contributed by atoms with Crippen LogP contribution < -0.4 is 4.90 Å². The maximum atomic E-state index is 12.5. The fraction of sp³-hybridized carbons (Fsp3) is 0.278. The molecule has 0 saturated heterocycles. The molecule has 0 aliphatic carbocycles. The standard InChI is InChI=1S/C18H21NOS/c1-13-9-14(2)11-16(10-13)19(3)18(20)17(21)12-15-7-5-4-6-8-15/h4-11,17,21H,12H2,1-3H3. The van der Waals surface area contributed by atoms with Gasteiger partial charge in [0.25, 0.3) is 0 Å². The molecule has 1 unspecified atom stereocenters. The molecule has 3 heteroatoms. The van der Waals surface area contributed by atoms with Gasteiger partial charge in [-0.15, -0.1) is 0 Å². The summed E-state index contributed by atoms with van der Waals surface area (Å²) < 4.78 is 0. The number of rotatable bonds is 4. The molecule has 110 valence electrons. The topological polar surface area (TPSA) is 20.3 Å². The molecule has 0 aliphatic rings. The van der Waals surface area contributed by atoms with Gasteiger partial charge >= 0.3 is 0 Å². The van der Waals surface area contributed by atoms with Crippen molar-refractivity contribution in [1.29, 1.82) is 0 Å². The summed E-state index contributed by atoms with van der Waals surface area (Å²) in [6, 6.07) is 16.1. The van der Waals surface area contributed by atoms with Crippen LogP contribution in [0.25, 0.3) is 0 Å². The van der Waals surface area contributed by atoms with Crippen molar-refractivity contribution in [2.75, 3.05) is 11.9 Å². The van der Waals surface area contributed by atoms with Crippen molar-refractivity contribution >= 4 is 24.2 Å². The first kappa shape index (κ1) is 15.6. The van der Waals surface area contributed by atoms with Gasteiger partial charge in [0.05, 0.1) is 5.25 Å². The lowest BCUT2D eigenvalue weighted by Crippen LogP contribution is -2.34. The van der Waals surface area contributed by atoms with Crippen molar-refractivity contribution in [1.82, 2.24) is 0 Å². The summed E-state index contributed by atoms with van der Waals surface area (Å²) in [6.45, 7) is 4.08. The van der Waals surface area contributed by atoms with Gasteiger partial charge in [0.1, 0.15) is 0 Å². The highest BCUT2D eigenvalue weighted by atomic mass is 32.1. The number of aryl methyl sites for hydroxylation is 2. The number of thiol groups is 1. The maximum absolute atomic E-state index is 12.5. The highest BCUT2D eigenvalue weighted by molar-refractivity contribution is 7.81. The van der Waals surface area contributed by atoms with Gasteiger partial charge < -0.3 is 4.90 Å². The minimum atomic E-state index is -0.335. The predicted molar refractivity (Wildman–Crippen MR) is 92.2 cm³/mol. The molecule has 21 heavy (non-hydrogen) atoms. The van der Waals surface area contributed by atoms with E-state index in [1.54, 1.807) is 4.90 Å². The molecule has 0 saturated carbocycles. The number of amides is 1. The Morgan fingerprint density at radius 2 is 1.67 bits per heavy atom. The van der Waals surface area contributed by atoms with Gasteiger partial charge in [-0.2, -0.15) is 12.6 Å². The molecule has 0 bridgehead atoms. The average molecular weight is 299 g/mol. The van der Waals surface area contributed by atoms with E-state index in [0.29, 0.717) is 6.42 Å². The first-order valence-corrected chi connectivity index (χ1v) is 7.57. The zero-order valence-corrected chi connectivity index (χ0v) is 13.6. The number of carbonyl (C=O) groups excluding carboxylic acids is 1. The van der Waals surface area contributed by atoms with Gasteiger partial charge in [-0.1, -0.05) is 36.4 Å². The second kappa shape index (κ2) is 6.81. The lowest BCUT2D eigenvalue weighted by molar-refractivity contribution is -0.117. The van der Waals surface area contributed by atoms with E-state index in [4.69, 9.17) is 0 Å². The van der Waals surface area contributed by atoms with Gasteiger partial charge in [-0.25, -0.2) is 0 Å². The molecular weight excluding hydrogens is 278 g/mol. The van der Waals surface area contributed by atoms with E-state index in [0.717, 1.165) is 22.4 Å². The summed E-state index contributed by atoms with van der Waals surface area (Å²) in [5, 5.41) is -0.335. The Morgan fingerprint density at radius 3 is 2.24 bits per heavy atom. The smallest absolute Gasteiger partial charge is 0.239 e. The fourth-order valence-corrected chi connectivity index (χ4v) is 2.80. The molecule has 2 aromatic carbocycles. The largest absolute Gasteiger partial charge is 0.315 e. The van der Waals surface area contributed by atoms with Crippen LogP contribution in [0, 0.1) is 13.8 Å². The van der Waals surface area contributed by atoms with E-state index in [1.807, 2.05) is 63.4 Å². The van der Waals surface area contributed by atoms with Crippen LogP contribution >= 0.6 is 12.6 Å².